The number of aryl methyl sites for hydroxylation is 1. The molecule has 0 bridgehead atoms. The molecule has 5 nitrogen and oxygen atoms in total. The summed E-state index contributed by atoms with van der Waals surface area (Å²) in [4.78, 5) is 0. The van der Waals surface area contributed by atoms with Gasteiger partial charge in [0.25, 0.3) is 5.82 Å². The van der Waals surface area contributed by atoms with E-state index in [1.807, 2.05) is 43.4 Å². The first kappa shape index (κ1) is 19.5. The van der Waals surface area contributed by atoms with Crippen LogP contribution in [-0.2, 0) is 13.6 Å². The molecule has 3 rings (SSSR count). The zero-order valence-corrected chi connectivity index (χ0v) is 16.8. The van der Waals surface area contributed by atoms with E-state index in [9.17, 15) is 5.11 Å². The Hall–Kier alpha value is -1.80. The lowest BCUT2D eigenvalue weighted by atomic mass is 10.3. The predicted octanol–water partition coefficient (Wildman–Crippen LogP) is -0.773. The van der Waals surface area contributed by atoms with Gasteiger partial charge in [0, 0.05) is 13.0 Å². The van der Waals surface area contributed by atoms with Crippen molar-refractivity contribution < 1.29 is 43.1 Å². The predicted molar refractivity (Wildman–Crippen MR) is 92.3 cm³/mol. The number of hydrogen-bond acceptors (Lipinski definition) is 3. The summed E-state index contributed by atoms with van der Waals surface area (Å²) < 4.78 is 15.1. The number of benzene rings is 2. The molecule has 134 valence electrons. The van der Waals surface area contributed by atoms with Gasteiger partial charge in [-0.1, -0.05) is 18.2 Å². The van der Waals surface area contributed by atoms with Crippen molar-refractivity contribution in [3.63, 3.8) is 0 Å². The quantitative estimate of drug-likeness (QED) is 0.393. The molecule has 0 aliphatic carbocycles. The van der Waals surface area contributed by atoms with E-state index >= 15 is 0 Å². The Labute approximate surface area is 164 Å². The standard InChI is InChI=1S/C19H23N2O3.HI/c1-14-20(2)18-9-4-5-10-19(18)21(14)12-15(22)13-24-17-8-6-7-16(11-17)23-3;/h4-11,15,22H,12-13H2,1-3H3;1H/q+1;/p-1. The van der Waals surface area contributed by atoms with Crippen LogP contribution >= 0.6 is 0 Å². The topological polar surface area (TPSA) is 47.5 Å². The summed E-state index contributed by atoms with van der Waals surface area (Å²) in [6.45, 7) is 2.76. The number of hydrogen-bond donors (Lipinski definition) is 1. The maximum absolute atomic E-state index is 10.4. The van der Waals surface area contributed by atoms with Crippen molar-refractivity contribution in [3.8, 4) is 11.5 Å². The Morgan fingerprint density at radius 3 is 2.60 bits per heavy atom. The van der Waals surface area contributed by atoms with Gasteiger partial charge in [-0.05, 0) is 24.3 Å². The molecule has 0 amide bonds. The molecule has 0 radical (unpaired) electrons. The molecule has 0 aliphatic rings. The molecular formula is C19H23IN2O3. The van der Waals surface area contributed by atoms with Gasteiger partial charge in [-0.25, -0.2) is 9.13 Å². The van der Waals surface area contributed by atoms with Crippen molar-refractivity contribution in [2.24, 2.45) is 7.05 Å². The van der Waals surface area contributed by atoms with E-state index in [1.54, 1.807) is 7.11 Å². The zero-order valence-electron chi connectivity index (χ0n) is 14.6. The second-order valence-corrected chi connectivity index (χ2v) is 5.85. The molecule has 25 heavy (non-hydrogen) atoms. The molecule has 1 N–H and O–H groups in total. The Bertz CT molecular complexity index is 848. The van der Waals surface area contributed by atoms with E-state index in [2.05, 4.69) is 28.2 Å². The van der Waals surface area contributed by atoms with Crippen molar-refractivity contribution in [2.45, 2.75) is 19.6 Å². The number of methoxy groups -OCH3 is 1. The Balaban J connectivity index is 0.00000225. The molecule has 3 aromatic rings. The third-order valence-electron chi connectivity index (χ3n) is 4.29. The number of aliphatic hydroxyl groups is 1. The van der Waals surface area contributed by atoms with E-state index in [0.29, 0.717) is 12.3 Å². The van der Waals surface area contributed by atoms with Crippen LogP contribution in [0.15, 0.2) is 48.5 Å². The number of halogens is 1. The minimum Gasteiger partial charge on any atom is -1.00 e. The Morgan fingerprint density at radius 1 is 1.12 bits per heavy atom. The van der Waals surface area contributed by atoms with Crippen LogP contribution in [0.1, 0.15) is 5.82 Å². The highest BCUT2D eigenvalue weighted by Gasteiger charge is 2.21. The number of fused-ring (bicyclic) bond motifs is 1. The maximum Gasteiger partial charge on any atom is 0.254 e. The summed E-state index contributed by atoms with van der Waals surface area (Å²) in [7, 11) is 3.65. The summed E-state index contributed by atoms with van der Waals surface area (Å²) in [5, 5.41) is 10.4. The van der Waals surface area contributed by atoms with Crippen LogP contribution in [0.4, 0.5) is 0 Å². The van der Waals surface area contributed by atoms with Crippen molar-refractivity contribution in [3.05, 3.63) is 54.4 Å². The van der Waals surface area contributed by atoms with Gasteiger partial charge < -0.3 is 38.6 Å². The number of para-hydroxylation sites is 2. The van der Waals surface area contributed by atoms with Crippen molar-refractivity contribution in [2.75, 3.05) is 13.7 Å². The van der Waals surface area contributed by atoms with E-state index in [4.69, 9.17) is 9.47 Å². The van der Waals surface area contributed by atoms with Crippen LogP contribution in [0.5, 0.6) is 11.5 Å². The van der Waals surface area contributed by atoms with Crippen LogP contribution in [0.3, 0.4) is 0 Å². The normalized spacial score (nSPS) is 11.8. The molecular weight excluding hydrogens is 431 g/mol. The molecule has 1 atom stereocenters. The zero-order chi connectivity index (χ0) is 17.1. The monoisotopic (exact) mass is 454 g/mol. The fraction of sp³-hybridized carbons (Fsp3) is 0.316. The van der Waals surface area contributed by atoms with E-state index in [0.717, 1.165) is 22.6 Å². The average Bonchev–Trinajstić information content (AvgIpc) is 2.85. The lowest BCUT2D eigenvalue weighted by Gasteiger charge is -2.12. The molecule has 1 heterocycles. The van der Waals surface area contributed by atoms with Crippen LogP contribution < -0.4 is 38.0 Å². The largest absolute Gasteiger partial charge is 1.00 e. The SMILES string of the molecule is COc1cccc(OCC(O)Cn2c(C)[n+](C)c3ccccc32)c1.[I-]. The third kappa shape index (κ3) is 4.24. The molecule has 0 fully saturated rings. The minimum atomic E-state index is -0.606. The van der Waals surface area contributed by atoms with Crippen molar-refractivity contribution >= 4 is 11.0 Å². The highest BCUT2D eigenvalue weighted by molar-refractivity contribution is 5.72. The average molecular weight is 454 g/mol. The lowest BCUT2D eigenvalue weighted by Crippen LogP contribution is -3.00. The fourth-order valence-corrected chi connectivity index (χ4v) is 2.88. The van der Waals surface area contributed by atoms with Crippen molar-refractivity contribution in [1.29, 1.82) is 0 Å². The van der Waals surface area contributed by atoms with Crippen LogP contribution in [0.25, 0.3) is 11.0 Å². The second kappa shape index (κ2) is 8.53. The summed E-state index contributed by atoms with van der Waals surface area (Å²) in [6.07, 6.45) is -0.606. The summed E-state index contributed by atoms with van der Waals surface area (Å²) >= 11 is 0. The fourth-order valence-electron chi connectivity index (χ4n) is 2.88. The molecule has 2 aromatic carbocycles. The van der Waals surface area contributed by atoms with Gasteiger partial charge in [-0.2, -0.15) is 0 Å². The number of aliphatic hydroxyl groups excluding tert-OH is 1. The van der Waals surface area contributed by atoms with Gasteiger partial charge in [-0.15, -0.1) is 0 Å². The van der Waals surface area contributed by atoms with Crippen molar-refractivity contribution in [1.82, 2.24) is 4.57 Å². The highest BCUT2D eigenvalue weighted by Crippen LogP contribution is 2.19. The highest BCUT2D eigenvalue weighted by atomic mass is 127. The summed E-state index contributed by atoms with van der Waals surface area (Å²) in [6, 6.07) is 15.6. The third-order valence-corrected chi connectivity index (χ3v) is 4.29. The molecule has 0 aliphatic heterocycles. The van der Waals surface area contributed by atoms with Crippen LogP contribution in [0, 0.1) is 6.92 Å². The first-order chi connectivity index (χ1) is 11.6. The van der Waals surface area contributed by atoms with Gasteiger partial charge in [-0.3, -0.25) is 0 Å². The van der Waals surface area contributed by atoms with Crippen LogP contribution in [0.2, 0.25) is 0 Å². The van der Waals surface area contributed by atoms with E-state index in [1.165, 1.54) is 0 Å². The molecule has 0 spiro atoms. The van der Waals surface area contributed by atoms with Crippen LogP contribution in [-0.4, -0.2) is 29.5 Å². The van der Waals surface area contributed by atoms with E-state index in [-0.39, 0.29) is 30.6 Å². The maximum atomic E-state index is 10.4. The van der Waals surface area contributed by atoms with Gasteiger partial charge in [0.1, 0.15) is 30.8 Å². The smallest absolute Gasteiger partial charge is 0.254 e. The van der Waals surface area contributed by atoms with Gasteiger partial charge in [0.15, 0.2) is 11.0 Å². The second-order valence-electron chi connectivity index (χ2n) is 5.85. The Morgan fingerprint density at radius 2 is 1.84 bits per heavy atom. The number of ether oxygens (including phenoxy) is 2. The Kier molecular flexibility index (Phi) is 6.66. The first-order valence-electron chi connectivity index (χ1n) is 7.99. The number of rotatable bonds is 6. The molecule has 0 saturated carbocycles. The summed E-state index contributed by atoms with van der Waals surface area (Å²) in [5.74, 6) is 2.52. The molecule has 0 saturated heterocycles. The van der Waals surface area contributed by atoms with Gasteiger partial charge in [0.05, 0.1) is 14.2 Å². The number of aromatic nitrogens is 2. The molecule has 1 unspecified atom stereocenters. The van der Waals surface area contributed by atoms with E-state index < -0.39 is 6.10 Å². The molecule has 6 heteroatoms. The summed E-state index contributed by atoms with van der Waals surface area (Å²) in [5.41, 5.74) is 2.26. The number of imidazole rings is 1. The lowest BCUT2D eigenvalue weighted by molar-refractivity contribution is -0.652. The number of nitrogens with zero attached hydrogens (tertiary/aromatic N) is 2. The first-order valence-corrected chi connectivity index (χ1v) is 7.99. The van der Waals surface area contributed by atoms with Gasteiger partial charge in [0.2, 0.25) is 0 Å². The minimum absolute atomic E-state index is 0. The van der Waals surface area contributed by atoms with Gasteiger partial charge >= 0.3 is 0 Å². The molecule has 1 aromatic heterocycles.